The van der Waals surface area contributed by atoms with Gasteiger partial charge < -0.3 is 25.2 Å². The maximum absolute atomic E-state index is 14.3. The van der Waals surface area contributed by atoms with E-state index in [1.807, 2.05) is 68.6 Å². The number of nitrogens with zero attached hydrogens (tertiary/aromatic N) is 2. The zero-order valence-electron chi connectivity index (χ0n) is 25.7. The minimum Gasteiger partial charge on any atom is -0.359 e. The predicted octanol–water partition coefficient (Wildman–Crippen LogP) is 4.16. The number of carbonyl (C=O) groups excluding carboxylic acids is 3. The van der Waals surface area contributed by atoms with Gasteiger partial charge in [0.05, 0.1) is 17.9 Å². The Bertz CT molecular complexity index is 1400. The summed E-state index contributed by atoms with van der Waals surface area (Å²) in [5.74, 6) is -1.23. The highest BCUT2D eigenvalue weighted by Gasteiger charge is 2.72. The third-order valence-electron chi connectivity index (χ3n) is 10.3. The molecule has 4 aliphatic rings. The Hall–Kier alpha value is -3.49. The Labute approximate surface area is 254 Å². The first kappa shape index (κ1) is 29.6. The second-order valence-electron chi connectivity index (χ2n) is 13.2. The molecule has 1 spiro atoms. The predicted molar refractivity (Wildman–Crippen MR) is 166 cm³/mol. The van der Waals surface area contributed by atoms with E-state index in [0.29, 0.717) is 30.6 Å². The fraction of sp³-hybridized carbons (Fsp3) is 0.514. The smallest absolute Gasteiger partial charge is 0.246 e. The minimum absolute atomic E-state index is 0.0485. The number of benzene rings is 2. The van der Waals surface area contributed by atoms with Gasteiger partial charge in [0.15, 0.2) is 0 Å². The first-order valence-corrected chi connectivity index (χ1v) is 15.8. The van der Waals surface area contributed by atoms with Crippen LogP contribution in [-0.2, 0) is 25.7 Å². The Morgan fingerprint density at radius 3 is 2.63 bits per heavy atom. The summed E-state index contributed by atoms with van der Waals surface area (Å²) in [4.78, 5) is 46.2. The van der Waals surface area contributed by atoms with Gasteiger partial charge in [0.1, 0.15) is 11.6 Å². The highest BCUT2D eigenvalue weighted by molar-refractivity contribution is 6.02. The van der Waals surface area contributed by atoms with Crippen LogP contribution in [0.15, 0.2) is 66.7 Å². The van der Waals surface area contributed by atoms with Crippen LogP contribution in [0.2, 0.25) is 0 Å². The average Bonchev–Trinajstić information content (AvgIpc) is 3.62. The quantitative estimate of drug-likeness (QED) is 0.432. The molecule has 43 heavy (non-hydrogen) atoms. The van der Waals surface area contributed by atoms with Crippen molar-refractivity contribution in [2.45, 2.75) is 70.4 Å². The van der Waals surface area contributed by atoms with Crippen molar-refractivity contribution in [1.82, 2.24) is 15.1 Å². The molecule has 2 aromatic rings. The Kier molecular flexibility index (Phi) is 8.18. The monoisotopic (exact) mass is 584 g/mol. The van der Waals surface area contributed by atoms with Crippen LogP contribution >= 0.6 is 0 Å². The molecular weight excluding hydrogens is 540 g/mol. The van der Waals surface area contributed by atoms with Gasteiger partial charge in [-0.2, -0.15) is 0 Å². The molecule has 8 heteroatoms. The number of amides is 3. The Morgan fingerprint density at radius 2 is 1.86 bits per heavy atom. The normalized spacial score (nSPS) is 32.7. The maximum atomic E-state index is 14.3. The van der Waals surface area contributed by atoms with Crippen LogP contribution in [0.3, 0.4) is 0 Å². The van der Waals surface area contributed by atoms with Gasteiger partial charge in [-0.3, -0.25) is 14.4 Å². The Balaban J connectivity index is 1.26. The molecule has 0 radical (unpaired) electrons. The molecule has 3 heterocycles. The van der Waals surface area contributed by atoms with Crippen LogP contribution in [-0.4, -0.2) is 71.4 Å². The lowest BCUT2D eigenvalue weighted by molar-refractivity contribution is -0.141. The average molecular weight is 585 g/mol. The van der Waals surface area contributed by atoms with Gasteiger partial charge in [-0.15, -0.1) is 0 Å². The molecule has 2 N–H and O–H groups in total. The molecule has 0 aromatic heterocycles. The van der Waals surface area contributed by atoms with Crippen molar-refractivity contribution < 1.29 is 19.1 Å². The molecule has 3 aliphatic heterocycles. The molecule has 2 bridgehead atoms. The van der Waals surface area contributed by atoms with E-state index in [1.54, 1.807) is 4.90 Å². The third-order valence-corrected chi connectivity index (χ3v) is 10.3. The standard InChI is InChI=1S/C35H44N4O4/c1-22-10-8-14-26(20-22)36-32(40)29-28-16-17-35(43-28)30(29)34(42)39(19-18-38(4)21-25-12-6-5-7-13-25)31(35)33(41)37-27-15-9-11-23(2)24(27)3/h5-8,10,12-14,16-17,20,23-24,27-31H,9,11,15,18-19,21H2,1-4H3,(H,36,40)(H,37,41)/t23-,24-,27-,28-,29+,30-,31-,35-/m1/s1. The van der Waals surface area contributed by atoms with Gasteiger partial charge in [-0.1, -0.05) is 81.3 Å². The first-order chi connectivity index (χ1) is 20.7. The van der Waals surface area contributed by atoms with Crippen LogP contribution < -0.4 is 10.6 Å². The van der Waals surface area contributed by atoms with E-state index in [2.05, 4.69) is 41.5 Å². The zero-order chi connectivity index (χ0) is 30.3. The van der Waals surface area contributed by atoms with E-state index >= 15 is 0 Å². The molecule has 2 aromatic carbocycles. The van der Waals surface area contributed by atoms with Gasteiger partial charge in [-0.05, 0) is 55.5 Å². The number of hydrogen-bond donors (Lipinski definition) is 2. The molecule has 1 saturated carbocycles. The van der Waals surface area contributed by atoms with E-state index in [9.17, 15) is 14.4 Å². The largest absolute Gasteiger partial charge is 0.359 e. The molecule has 0 unspecified atom stereocenters. The van der Waals surface area contributed by atoms with Crippen LogP contribution in [0.25, 0.3) is 0 Å². The number of carbonyl (C=O) groups is 3. The summed E-state index contributed by atoms with van der Waals surface area (Å²) in [5, 5.41) is 6.36. The SMILES string of the molecule is Cc1cccc(NC(=O)[C@H]2[C@H]3C=C[C@@]4(O3)[C@H]2C(=O)N(CCN(C)Cc2ccccc2)[C@@H]4C(=O)N[C@@H]2CCC[C@@H](C)[C@H]2C)c1. The number of rotatable bonds is 9. The van der Waals surface area contributed by atoms with Gasteiger partial charge in [0, 0.05) is 31.4 Å². The van der Waals surface area contributed by atoms with Crippen molar-refractivity contribution in [3.63, 3.8) is 0 Å². The number of nitrogens with one attached hydrogen (secondary N) is 2. The number of likely N-dealkylation sites (N-methyl/N-ethyl adjacent to an activating group) is 1. The third kappa shape index (κ3) is 5.51. The summed E-state index contributed by atoms with van der Waals surface area (Å²) in [6.45, 7) is 8.09. The lowest BCUT2D eigenvalue weighted by Crippen LogP contribution is -2.58. The van der Waals surface area contributed by atoms with E-state index in [1.165, 1.54) is 5.56 Å². The van der Waals surface area contributed by atoms with Crippen molar-refractivity contribution in [2.24, 2.45) is 23.7 Å². The maximum Gasteiger partial charge on any atom is 0.246 e. The second kappa shape index (κ2) is 11.9. The van der Waals surface area contributed by atoms with Crippen LogP contribution in [0, 0.1) is 30.6 Å². The number of aryl methyl sites for hydroxylation is 1. The summed E-state index contributed by atoms with van der Waals surface area (Å²) in [6, 6.07) is 17.0. The summed E-state index contributed by atoms with van der Waals surface area (Å²) in [7, 11) is 2.02. The Morgan fingerprint density at radius 1 is 1.07 bits per heavy atom. The molecule has 2 saturated heterocycles. The fourth-order valence-corrected chi connectivity index (χ4v) is 7.76. The molecular formula is C35H44N4O4. The van der Waals surface area contributed by atoms with Crippen LogP contribution in [0.1, 0.15) is 44.2 Å². The highest BCUT2D eigenvalue weighted by atomic mass is 16.5. The first-order valence-electron chi connectivity index (χ1n) is 15.8. The van der Waals surface area contributed by atoms with Gasteiger partial charge in [0.2, 0.25) is 17.7 Å². The number of hydrogen-bond acceptors (Lipinski definition) is 5. The summed E-state index contributed by atoms with van der Waals surface area (Å²) in [5.41, 5.74) is 1.73. The van der Waals surface area contributed by atoms with Crippen molar-refractivity contribution in [3.05, 3.63) is 77.9 Å². The lowest BCUT2D eigenvalue weighted by Gasteiger charge is -2.38. The van der Waals surface area contributed by atoms with Crippen molar-refractivity contribution in [3.8, 4) is 0 Å². The molecule has 6 rings (SSSR count). The van der Waals surface area contributed by atoms with E-state index < -0.39 is 29.6 Å². The van der Waals surface area contributed by atoms with E-state index in [0.717, 1.165) is 31.4 Å². The van der Waals surface area contributed by atoms with E-state index in [4.69, 9.17) is 4.74 Å². The zero-order valence-corrected chi connectivity index (χ0v) is 25.7. The molecule has 1 aliphatic carbocycles. The van der Waals surface area contributed by atoms with Crippen molar-refractivity contribution in [2.75, 3.05) is 25.5 Å². The summed E-state index contributed by atoms with van der Waals surface area (Å²) < 4.78 is 6.54. The number of likely N-dealkylation sites (tertiary alicyclic amines) is 1. The molecule has 228 valence electrons. The van der Waals surface area contributed by atoms with Gasteiger partial charge >= 0.3 is 0 Å². The van der Waals surface area contributed by atoms with Gasteiger partial charge in [0.25, 0.3) is 0 Å². The molecule has 3 amide bonds. The van der Waals surface area contributed by atoms with Crippen molar-refractivity contribution in [1.29, 1.82) is 0 Å². The van der Waals surface area contributed by atoms with Crippen molar-refractivity contribution >= 4 is 23.4 Å². The summed E-state index contributed by atoms with van der Waals surface area (Å²) in [6.07, 6.45) is 6.37. The topological polar surface area (TPSA) is 91.0 Å². The number of ether oxygens (including phenoxy) is 1. The molecule has 8 nitrogen and oxygen atoms in total. The lowest BCUT2D eigenvalue weighted by atomic mass is 9.73. The molecule has 8 atom stereocenters. The highest BCUT2D eigenvalue weighted by Crippen LogP contribution is 2.55. The van der Waals surface area contributed by atoms with Crippen LogP contribution in [0.4, 0.5) is 5.69 Å². The minimum atomic E-state index is -1.16. The van der Waals surface area contributed by atoms with Gasteiger partial charge in [-0.25, -0.2) is 0 Å². The van der Waals surface area contributed by atoms with Crippen LogP contribution in [0.5, 0.6) is 0 Å². The number of fused-ring (bicyclic) bond motifs is 1. The summed E-state index contributed by atoms with van der Waals surface area (Å²) >= 11 is 0. The second-order valence-corrected chi connectivity index (χ2v) is 13.2. The number of anilines is 1. The fourth-order valence-electron chi connectivity index (χ4n) is 7.76. The van der Waals surface area contributed by atoms with E-state index in [-0.39, 0.29) is 23.8 Å². The molecule has 3 fully saturated rings.